The molecule has 2 aromatic rings. The van der Waals surface area contributed by atoms with Gasteiger partial charge in [-0.2, -0.15) is 13.2 Å². The van der Waals surface area contributed by atoms with Gasteiger partial charge in [0.25, 0.3) is 0 Å². The Morgan fingerprint density at radius 1 is 1.23 bits per heavy atom. The van der Waals surface area contributed by atoms with Gasteiger partial charge < -0.3 is 4.74 Å². The Labute approximate surface area is 149 Å². The van der Waals surface area contributed by atoms with E-state index in [0.717, 1.165) is 19.2 Å². The second-order valence-electron chi connectivity index (χ2n) is 6.43. The predicted molar refractivity (Wildman–Crippen MR) is 89.3 cm³/mol. The Morgan fingerprint density at radius 2 is 1.88 bits per heavy atom. The van der Waals surface area contributed by atoms with Crippen LogP contribution in [0.25, 0.3) is 11.3 Å². The maximum absolute atomic E-state index is 13.8. The molecule has 0 amide bonds. The highest BCUT2D eigenvalue weighted by molar-refractivity contribution is 5.93. The van der Waals surface area contributed by atoms with Gasteiger partial charge in [0.15, 0.2) is 0 Å². The Morgan fingerprint density at radius 3 is 2.38 bits per heavy atom. The van der Waals surface area contributed by atoms with E-state index in [-0.39, 0.29) is 29.3 Å². The van der Waals surface area contributed by atoms with Crippen LogP contribution in [0.15, 0.2) is 24.3 Å². The van der Waals surface area contributed by atoms with Crippen molar-refractivity contribution in [2.45, 2.75) is 33.4 Å². The third-order valence-electron chi connectivity index (χ3n) is 3.86. The molecule has 2 rings (SSSR count). The van der Waals surface area contributed by atoms with Crippen molar-refractivity contribution in [1.29, 1.82) is 0 Å². The first kappa shape index (κ1) is 19.9. The van der Waals surface area contributed by atoms with Crippen LogP contribution in [0, 0.1) is 18.7 Å². The van der Waals surface area contributed by atoms with Crippen LogP contribution in [-0.4, -0.2) is 18.1 Å². The van der Waals surface area contributed by atoms with E-state index in [9.17, 15) is 22.4 Å². The lowest BCUT2D eigenvalue weighted by Crippen LogP contribution is -2.19. The Kier molecular flexibility index (Phi) is 5.68. The fourth-order valence-electron chi connectivity index (χ4n) is 2.59. The number of methoxy groups -OCH3 is 1. The van der Waals surface area contributed by atoms with Gasteiger partial charge >= 0.3 is 12.1 Å². The van der Waals surface area contributed by atoms with Crippen LogP contribution in [-0.2, 0) is 17.3 Å². The van der Waals surface area contributed by atoms with E-state index in [1.165, 1.54) is 12.1 Å². The fraction of sp³-hybridized carbons (Fsp3) is 0.368. The van der Waals surface area contributed by atoms with Crippen LogP contribution in [0.3, 0.4) is 0 Å². The fourth-order valence-corrected chi connectivity index (χ4v) is 2.59. The normalized spacial score (nSPS) is 11.7. The van der Waals surface area contributed by atoms with Crippen molar-refractivity contribution in [3.05, 3.63) is 52.5 Å². The van der Waals surface area contributed by atoms with Crippen molar-refractivity contribution < 1.29 is 27.1 Å². The van der Waals surface area contributed by atoms with E-state index in [4.69, 9.17) is 0 Å². The number of hydrogen-bond donors (Lipinski definition) is 0. The van der Waals surface area contributed by atoms with E-state index >= 15 is 0 Å². The van der Waals surface area contributed by atoms with Crippen LogP contribution < -0.4 is 0 Å². The molecule has 0 atom stereocenters. The summed E-state index contributed by atoms with van der Waals surface area (Å²) in [4.78, 5) is 16.2. The highest BCUT2D eigenvalue weighted by Gasteiger charge is 2.38. The summed E-state index contributed by atoms with van der Waals surface area (Å²) in [7, 11) is 1.02. The average Bonchev–Trinajstić information content (AvgIpc) is 2.54. The highest BCUT2D eigenvalue weighted by Crippen LogP contribution is 2.36. The molecule has 140 valence electrons. The summed E-state index contributed by atoms with van der Waals surface area (Å²) in [6.07, 6.45) is -4.63. The lowest BCUT2D eigenvalue weighted by Gasteiger charge is -2.18. The Hall–Kier alpha value is -2.44. The number of pyridine rings is 1. The molecule has 26 heavy (non-hydrogen) atoms. The molecule has 0 unspecified atom stereocenters. The minimum absolute atomic E-state index is 0.0161. The molecule has 0 N–H and O–H groups in total. The van der Waals surface area contributed by atoms with Crippen LogP contribution >= 0.6 is 0 Å². The summed E-state index contributed by atoms with van der Waals surface area (Å²) < 4.78 is 59.2. The van der Waals surface area contributed by atoms with Crippen molar-refractivity contribution >= 4 is 5.97 Å². The van der Waals surface area contributed by atoms with Crippen molar-refractivity contribution in [2.75, 3.05) is 7.11 Å². The van der Waals surface area contributed by atoms with E-state index in [1.54, 1.807) is 20.8 Å². The molecule has 0 saturated heterocycles. The smallest absolute Gasteiger partial charge is 0.417 e. The number of esters is 1. The Bertz CT molecular complexity index is 829. The second kappa shape index (κ2) is 7.43. The second-order valence-corrected chi connectivity index (χ2v) is 6.43. The molecule has 0 aliphatic carbocycles. The molecule has 0 spiro atoms. The quantitative estimate of drug-likeness (QED) is 0.549. The number of halogens is 4. The van der Waals surface area contributed by atoms with Gasteiger partial charge in [0.2, 0.25) is 0 Å². The minimum atomic E-state index is -4.78. The zero-order valence-electron chi connectivity index (χ0n) is 14.9. The molecule has 0 fully saturated rings. The van der Waals surface area contributed by atoms with E-state index in [1.807, 2.05) is 0 Å². The molecule has 0 saturated carbocycles. The number of rotatable bonds is 4. The number of carbonyl (C=O) groups is 1. The standard InChI is InChI=1S/C19H19F4NO2/c1-10(2)7-16-17(18(25)26-4)13(19(21,22)23)9-15(24-16)12-6-5-11(3)14(20)8-12/h5-6,8-10H,7H2,1-4H3. The van der Waals surface area contributed by atoms with Crippen LogP contribution in [0.4, 0.5) is 17.6 Å². The third kappa shape index (κ3) is 4.20. The summed E-state index contributed by atoms with van der Waals surface area (Å²) in [6, 6.07) is 4.86. The van der Waals surface area contributed by atoms with Gasteiger partial charge in [-0.1, -0.05) is 26.0 Å². The number of ether oxygens (including phenoxy) is 1. The summed E-state index contributed by atoms with van der Waals surface area (Å²) >= 11 is 0. The van der Waals surface area contributed by atoms with Crippen LogP contribution in [0.5, 0.6) is 0 Å². The van der Waals surface area contributed by atoms with Crippen molar-refractivity contribution in [2.24, 2.45) is 5.92 Å². The number of alkyl halides is 3. The maximum Gasteiger partial charge on any atom is 0.417 e. The number of nitrogens with zero attached hydrogens (tertiary/aromatic N) is 1. The molecular formula is C19H19F4NO2. The molecule has 0 bridgehead atoms. The number of aryl methyl sites for hydroxylation is 1. The topological polar surface area (TPSA) is 39.2 Å². The van der Waals surface area contributed by atoms with E-state index in [0.29, 0.717) is 5.56 Å². The molecule has 1 heterocycles. The molecule has 1 aromatic carbocycles. The van der Waals surface area contributed by atoms with Crippen molar-refractivity contribution in [3.8, 4) is 11.3 Å². The first-order valence-corrected chi connectivity index (χ1v) is 8.00. The zero-order chi connectivity index (χ0) is 19.6. The monoisotopic (exact) mass is 369 g/mol. The molecule has 7 heteroatoms. The van der Waals surface area contributed by atoms with Gasteiger partial charge in [0.05, 0.1) is 29.6 Å². The van der Waals surface area contributed by atoms with E-state index in [2.05, 4.69) is 9.72 Å². The SMILES string of the molecule is COC(=O)c1c(C(F)(F)F)cc(-c2ccc(C)c(F)c2)nc1CC(C)C. The molecule has 0 radical (unpaired) electrons. The molecule has 1 aromatic heterocycles. The summed E-state index contributed by atoms with van der Waals surface area (Å²) in [5, 5.41) is 0. The maximum atomic E-state index is 13.8. The predicted octanol–water partition coefficient (Wildman–Crippen LogP) is 5.20. The highest BCUT2D eigenvalue weighted by atomic mass is 19.4. The van der Waals surface area contributed by atoms with Crippen molar-refractivity contribution in [3.63, 3.8) is 0 Å². The van der Waals surface area contributed by atoms with Crippen molar-refractivity contribution in [1.82, 2.24) is 4.98 Å². The lowest BCUT2D eigenvalue weighted by molar-refractivity contribution is -0.138. The van der Waals surface area contributed by atoms with Crippen LogP contribution in [0.2, 0.25) is 0 Å². The first-order valence-electron chi connectivity index (χ1n) is 8.00. The number of carbonyl (C=O) groups excluding carboxylic acids is 1. The number of aromatic nitrogens is 1. The first-order chi connectivity index (χ1) is 12.0. The van der Waals surface area contributed by atoms with Gasteiger partial charge in [-0.15, -0.1) is 0 Å². The summed E-state index contributed by atoms with van der Waals surface area (Å²) in [6.45, 7) is 5.15. The molecule has 0 aliphatic heterocycles. The largest absolute Gasteiger partial charge is 0.465 e. The average molecular weight is 369 g/mol. The molecule has 0 aliphatic rings. The van der Waals surface area contributed by atoms with Gasteiger partial charge in [-0.05, 0) is 37.0 Å². The summed E-state index contributed by atoms with van der Waals surface area (Å²) in [5.41, 5.74) is -1.20. The van der Waals surface area contributed by atoms with Gasteiger partial charge in [-0.3, -0.25) is 4.98 Å². The van der Waals surface area contributed by atoms with Gasteiger partial charge in [0.1, 0.15) is 5.82 Å². The minimum Gasteiger partial charge on any atom is -0.465 e. The number of hydrogen-bond acceptors (Lipinski definition) is 3. The summed E-state index contributed by atoms with van der Waals surface area (Å²) in [5.74, 6) is -1.68. The van der Waals surface area contributed by atoms with Gasteiger partial charge in [-0.25, -0.2) is 9.18 Å². The molecule has 3 nitrogen and oxygen atoms in total. The lowest BCUT2D eigenvalue weighted by atomic mass is 9.96. The van der Waals surface area contributed by atoms with Crippen LogP contribution in [0.1, 0.15) is 41.0 Å². The van der Waals surface area contributed by atoms with Gasteiger partial charge in [0, 0.05) is 5.56 Å². The van der Waals surface area contributed by atoms with E-state index < -0.39 is 29.1 Å². The Balaban J connectivity index is 2.78. The zero-order valence-corrected chi connectivity index (χ0v) is 14.9. The number of benzene rings is 1. The molecular weight excluding hydrogens is 350 g/mol. The third-order valence-corrected chi connectivity index (χ3v) is 3.86.